The average Bonchev–Trinajstić information content (AvgIpc) is 3.09. The van der Waals surface area contributed by atoms with E-state index in [9.17, 15) is 9.90 Å². The van der Waals surface area contributed by atoms with E-state index in [-0.39, 0.29) is 30.6 Å². The van der Waals surface area contributed by atoms with Gasteiger partial charge < -0.3 is 24.8 Å². The van der Waals surface area contributed by atoms with Crippen molar-refractivity contribution >= 4 is 5.91 Å². The Labute approximate surface area is 259 Å². The Morgan fingerprint density at radius 3 is 2.39 bits per heavy atom. The fourth-order valence-corrected chi connectivity index (χ4v) is 6.28. The van der Waals surface area contributed by atoms with E-state index in [2.05, 4.69) is 64.6 Å². The van der Waals surface area contributed by atoms with Gasteiger partial charge in [-0.15, -0.1) is 0 Å². The normalized spacial score (nSPS) is 22.4. The standard InChI is InChI=1S/C37H41N3O4/c1-26-34(24-40-20-5-2-6-21-40)43-37(44-35(26)29-13-11-27(25-41)12-14-29)30-17-15-28(16-18-30)33-10-4-3-8-31(33)23-39-36(42)32-9-7-19-38-22-32/h3-4,7-19,22,26,34-35,37,41H,2,5-6,20-21,23-25H2,1H3,(H,39,42)/t26-,34+,35+,37+/m1/s1. The number of amides is 1. The van der Waals surface area contributed by atoms with Crippen molar-refractivity contribution < 1.29 is 19.4 Å². The number of likely N-dealkylation sites (tertiary alicyclic amines) is 1. The zero-order valence-electron chi connectivity index (χ0n) is 25.3. The summed E-state index contributed by atoms with van der Waals surface area (Å²) in [5, 5.41) is 12.6. The summed E-state index contributed by atoms with van der Waals surface area (Å²) in [6, 6.07) is 28.1. The Kier molecular flexibility index (Phi) is 9.78. The summed E-state index contributed by atoms with van der Waals surface area (Å²) in [6.07, 6.45) is 6.42. The van der Waals surface area contributed by atoms with Crippen molar-refractivity contribution in [1.29, 1.82) is 0 Å². The Balaban J connectivity index is 1.21. The van der Waals surface area contributed by atoms with Crippen molar-refractivity contribution in [3.63, 3.8) is 0 Å². The van der Waals surface area contributed by atoms with E-state index in [1.165, 1.54) is 19.3 Å². The van der Waals surface area contributed by atoms with Gasteiger partial charge in [0.25, 0.3) is 5.91 Å². The van der Waals surface area contributed by atoms with Gasteiger partial charge in [0.2, 0.25) is 0 Å². The molecule has 0 unspecified atom stereocenters. The minimum Gasteiger partial charge on any atom is -0.392 e. The molecule has 0 bridgehead atoms. The lowest BCUT2D eigenvalue weighted by Crippen LogP contribution is -2.45. The van der Waals surface area contributed by atoms with E-state index in [4.69, 9.17) is 9.47 Å². The number of hydrogen-bond donors (Lipinski definition) is 2. The lowest BCUT2D eigenvalue weighted by molar-refractivity contribution is -0.276. The van der Waals surface area contributed by atoms with Crippen LogP contribution in [0.4, 0.5) is 0 Å². The number of aliphatic hydroxyl groups excluding tert-OH is 1. The highest BCUT2D eigenvalue weighted by atomic mass is 16.7. The van der Waals surface area contributed by atoms with Crippen LogP contribution in [0.1, 0.15) is 71.2 Å². The van der Waals surface area contributed by atoms with Gasteiger partial charge in [0.05, 0.1) is 24.4 Å². The third kappa shape index (κ3) is 7.08. The molecule has 1 amide bonds. The van der Waals surface area contributed by atoms with Crippen molar-refractivity contribution in [2.45, 2.75) is 57.8 Å². The van der Waals surface area contributed by atoms with E-state index in [0.29, 0.717) is 12.1 Å². The average molecular weight is 592 g/mol. The Hall–Kier alpha value is -3.88. The van der Waals surface area contributed by atoms with Crippen LogP contribution in [0.25, 0.3) is 11.1 Å². The van der Waals surface area contributed by atoms with Gasteiger partial charge in [0, 0.05) is 37.0 Å². The van der Waals surface area contributed by atoms with Gasteiger partial charge in [-0.2, -0.15) is 0 Å². The third-order valence-electron chi connectivity index (χ3n) is 8.88. The molecule has 0 radical (unpaired) electrons. The van der Waals surface area contributed by atoms with Crippen molar-refractivity contribution in [3.8, 4) is 11.1 Å². The molecular weight excluding hydrogens is 550 g/mol. The summed E-state index contributed by atoms with van der Waals surface area (Å²) in [6.45, 7) is 5.78. The number of nitrogens with one attached hydrogen (secondary N) is 1. The predicted octanol–water partition coefficient (Wildman–Crippen LogP) is 6.45. The highest BCUT2D eigenvalue weighted by molar-refractivity contribution is 5.93. The molecule has 3 heterocycles. The van der Waals surface area contributed by atoms with Crippen LogP contribution in [0.2, 0.25) is 0 Å². The van der Waals surface area contributed by atoms with Gasteiger partial charge in [-0.25, -0.2) is 0 Å². The van der Waals surface area contributed by atoms with Crippen LogP contribution in [-0.2, 0) is 22.6 Å². The number of nitrogens with zero attached hydrogens (tertiary/aromatic N) is 2. The maximum Gasteiger partial charge on any atom is 0.253 e. The first kappa shape index (κ1) is 30.2. The first-order chi connectivity index (χ1) is 21.6. The number of carbonyl (C=O) groups excluding carboxylic acids is 1. The van der Waals surface area contributed by atoms with Gasteiger partial charge in [0.15, 0.2) is 6.29 Å². The molecule has 2 N–H and O–H groups in total. The quantitative estimate of drug-likeness (QED) is 0.233. The van der Waals surface area contributed by atoms with Gasteiger partial charge in [-0.3, -0.25) is 9.78 Å². The monoisotopic (exact) mass is 591 g/mol. The molecule has 6 rings (SSSR count). The van der Waals surface area contributed by atoms with Crippen LogP contribution < -0.4 is 5.32 Å². The van der Waals surface area contributed by atoms with E-state index in [1.807, 2.05) is 30.3 Å². The highest BCUT2D eigenvalue weighted by Crippen LogP contribution is 2.42. The molecular formula is C37H41N3O4. The number of rotatable bonds is 9. The number of benzene rings is 3. The number of carbonyl (C=O) groups is 1. The minimum atomic E-state index is -0.494. The third-order valence-corrected chi connectivity index (χ3v) is 8.88. The number of ether oxygens (including phenoxy) is 2. The summed E-state index contributed by atoms with van der Waals surface area (Å²) < 4.78 is 13.4. The van der Waals surface area contributed by atoms with Crippen LogP contribution in [0.15, 0.2) is 97.3 Å². The highest BCUT2D eigenvalue weighted by Gasteiger charge is 2.39. The zero-order chi connectivity index (χ0) is 30.3. The maximum atomic E-state index is 12.6. The van der Waals surface area contributed by atoms with Crippen molar-refractivity contribution in [1.82, 2.24) is 15.2 Å². The van der Waals surface area contributed by atoms with Crippen LogP contribution in [-0.4, -0.2) is 46.6 Å². The van der Waals surface area contributed by atoms with Crippen LogP contribution >= 0.6 is 0 Å². The summed E-state index contributed by atoms with van der Waals surface area (Å²) >= 11 is 0. The number of piperidine rings is 1. The molecule has 2 saturated heterocycles. The van der Waals surface area contributed by atoms with Gasteiger partial charge >= 0.3 is 0 Å². The van der Waals surface area contributed by atoms with Gasteiger partial charge in [-0.05, 0) is 65.9 Å². The second-order valence-electron chi connectivity index (χ2n) is 11.9. The van der Waals surface area contributed by atoms with E-state index in [0.717, 1.165) is 53.0 Å². The topological polar surface area (TPSA) is 83.9 Å². The molecule has 44 heavy (non-hydrogen) atoms. The summed E-state index contributed by atoms with van der Waals surface area (Å²) in [7, 11) is 0. The minimum absolute atomic E-state index is 0.0248. The zero-order valence-corrected chi connectivity index (χ0v) is 25.3. The van der Waals surface area contributed by atoms with Crippen LogP contribution in [0, 0.1) is 5.92 Å². The molecule has 228 valence electrons. The molecule has 0 aliphatic carbocycles. The summed E-state index contributed by atoms with van der Waals surface area (Å²) in [5.74, 6) is 0.0184. The van der Waals surface area contributed by atoms with E-state index in [1.54, 1.807) is 24.5 Å². The lowest BCUT2D eigenvalue weighted by Gasteiger charge is -2.43. The molecule has 4 aromatic rings. The van der Waals surface area contributed by atoms with Crippen molar-refractivity contribution in [2.75, 3.05) is 19.6 Å². The van der Waals surface area contributed by atoms with E-state index >= 15 is 0 Å². The second-order valence-corrected chi connectivity index (χ2v) is 11.9. The molecule has 4 atom stereocenters. The lowest BCUT2D eigenvalue weighted by atomic mass is 9.89. The predicted molar refractivity (Wildman–Crippen MR) is 171 cm³/mol. The van der Waals surface area contributed by atoms with Crippen molar-refractivity contribution in [3.05, 3.63) is 125 Å². The molecule has 1 aromatic heterocycles. The number of pyridine rings is 1. The Morgan fingerprint density at radius 2 is 1.66 bits per heavy atom. The van der Waals surface area contributed by atoms with Crippen LogP contribution in [0.3, 0.4) is 0 Å². The number of aromatic nitrogens is 1. The van der Waals surface area contributed by atoms with Crippen molar-refractivity contribution in [2.24, 2.45) is 5.92 Å². The van der Waals surface area contributed by atoms with Gasteiger partial charge in [-0.1, -0.05) is 86.1 Å². The Bertz CT molecular complexity index is 1500. The van der Waals surface area contributed by atoms with E-state index < -0.39 is 6.29 Å². The second kappa shape index (κ2) is 14.3. The molecule has 7 nitrogen and oxygen atoms in total. The SMILES string of the molecule is C[C@@H]1[C@H](CN2CCCCC2)O[C@H](c2ccc(-c3ccccc3CNC(=O)c3cccnc3)cc2)O[C@@H]1c1ccc(CO)cc1. The molecule has 0 spiro atoms. The smallest absolute Gasteiger partial charge is 0.253 e. The largest absolute Gasteiger partial charge is 0.392 e. The molecule has 3 aromatic carbocycles. The first-order valence-corrected chi connectivity index (χ1v) is 15.7. The molecule has 0 saturated carbocycles. The molecule has 7 heteroatoms. The number of hydrogen-bond acceptors (Lipinski definition) is 6. The molecule has 2 fully saturated rings. The Morgan fingerprint density at radius 1 is 0.909 bits per heavy atom. The van der Waals surface area contributed by atoms with Gasteiger partial charge in [0.1, 0.15) is 0 Å². The fraction of sp³-hybridized carbons (Fsp3) is 0.351. The van der Waals surface area contributed by atoms with Crippen LogP contribution in [0.5, 0.6) is 0 Å². The molecule has 2 aliphatic heterocycles. The first-order valence-electron chi connectivity index (χ1n) is 15.7. The number of aliphatic hydroxyl groups is 1. The summed E-state index contributed by atoms with van der Waals surface area (Å²) in [4.78, 5) is 19.2. The maximum absolute atomic E-state index is 12.6. The summed E-state index contributed by atoms with van der Waals surface area (Å²) in [5.41, 5.74) is 6.66. The molecule has 2 aliphatic rings. The fourth-order valence-electron chi connectivity index (χ4n) is 6.28.